The second-order valence-electron chi connectivity index (χ2n) is 9.19. The van der Waals surface area contributed by atoms with Crippen LogP contribution in [0.3, 0.4) is 0 Å². The van der Waals surface area contributed by atoms with Crippen LogP contribution in [0.2, 0.25) is 10.0 Å². The van der Waals surface area contributed by atoms with Crippen LogP contribution in [0.5, 0.6) is 0 Å². The number of aryl methyl sites for hydroxylation is 1. The minimum absolute atomic E-state index is 0.0177. The largest absolute Gasteiger partial charge is 0.342 e. The Labute approximate surface area is 251 Å². The molecule has 0 bridgehead atoms. The van der Waals surface area contributed by atoms with Crippen LogP contribution in [-0.4, -0.2) is 37.3 Å². The number of thiazole rings is 1. The van der Waals surface area contributed by atoms with Gasteiger partial charge in [-0.3, -0.25) is 9.59 Å². The van der Waals surface area contributed by atoms with Gasteiger partial charge in [-0.05, 0) is 31.0 Å². The van der Waals surface area contributed by atoms with Gasteiger partial charge in [0, 0.05) is 22.0 Å². The third-order valence-electron chi connectivity index (χ3n) is 5.89. The molecule has 40 heavy (non-hydrogen) atoms. The van der Waals surface area contributed by atoms with Gasteiger partial charge in [0.1, 0.15) is 0 Å². The second kappa shape index (κ2) is 13.5. The van der Waals surface area contributed by atoms with Crippen LogP contribution < -0.4 is 10.6 Å². The summed E-state index contributed by atoms with van der Waals surface area (Å²) in [5.74, 6) is 0.0817. The maximum Gasteiger partial charge on any atom is 0.253 e. The summed E-state index contributed by atoms with van der Waals surface area (Å²) >= 11 is 14.9. The molecule has 2 N–H and O–H groups in total. The molecule has 8 nitrogen and oxygen atoms in total. The van der Waals surface area contributed by atoms with Crippen molar-refractivity contribution in [3.8, 4) is 11.3 Å². The Balaban J connectivity index is 1.47. The van der Waals surface area contributed by atoms with Gasteiger partial charge in [-0.2, -0.15) is 0 Å². The number of halogens is 2. The van der Waals surface area contributed by atoms with E-state index in [2.05, 4.69) is 32.4 Å². The third kappa shape index (κ3) is 7.11. The number of allylic oxidation sites excluding steroid dienone is 1. The van der Waals surface area contributed by atoms with Gasteiger partial charge in [0.05, 0.1) is 28.1 Å². The molecule has 0 spiro atoms. The van der Waals surface area contributed by atoms with Crippen molar-refractivity contribution in [2.24, 2.45) is 5.92 Å². The van der Waals surface area contributed by atoms with Crippen LogP contribution in [-0.2, 0) is 11.3 Å². The maximum atomic E-state index is 13.1. The van der Waals surface area contributed by atoms with Crippen molar-refractivity contribution in [1.82, 2.24) is 25.1 Å². The van der Waals surface area contributed by atoms with Crippen LogP contribution >= 0.6 is 46.3 Å². The molecule has 0 saturated carbocycles. The highest BCUT2D eigenvalue weighted by atomic mass is 35.5. The molecular formula is C28H28Cl2N6O2S2. The first-order valence-corrected chi connectivity index (χ1v) is 15.0. The van der Waals surface area contributed by atoms with Crippen LogP contribution in [0, 0.1) is 12.8 Å². The number of amides is 2. The zero-order valence-electron chi connectivity index (χ0n) is 22.1. The van der Waals surface area contributed by atoms with E-state index in [9.17, 15) is 9.59 Å². The molecule has 0 fully saturated rings. The summed E-state index contributed by atoms with van der Waals surface area (Å²) < 4.78 is 1.85. The monoisotopic (exact) mass is 614 g/mol. The number of hydrogen-bond donors (Lipinski definition) is 2. The number of carbonyl (C=O) groups excluding carboxylic acids is 2. The minimum atomic E-state index is -0.468. The minimum Gasteiger partial charge on any atom is -0.342 e. The van der Waals surface area contributed by atoms with Crippen molar-refractivity contribution in [1.29, 1.82) is 0 Å². The number of rotatable bonds is 11. The first kappa shape index (κ1) is 29.8. The van der Waals surface area contributed by atoms with Crippen molar-refractivity contribution in [3.63, 3.8) is 0 Å². The molecular weight excluding hydrogens is 587 g/mol. The van der Waals surface area contributed by atoms with E-state index < -0.39 is 6.04 Å². The fourth-order valence-corrected chi connectivity index (χ4v) is 6.06. The Morgan fingerprint density at radius 1 is 1.15 bits per heavy atom. The summed E-state index contributed by atoms with van der Waals surface area (Å²) in [6.45, 7) is 10.2. The normalized spacial score (nSPS) is 11.8. The quantitative estimate of drug-likeness (QED) is 0.138. The molecule has 4 rings (SSSR count). The van der Waals surface area contributed by atoms with E-state index in [0.29, 0.717) is 33.2 Å². The smallest absolute Gasteiger partial charge is 0.253 e. The van der Waals surface area contributed by atoms with Crippen molar-refractivity contribution in [2.45, 2.75) is 38.5 Å². The fraction of sp³-hybridized carbons (Fsp3) is 0.250. The SMILES string of the molecule is C=CCn1c(SCC(=O)Nc2nc(-c3ccccc3)c(C)s2)nnc1[C@H](NC(=O)c1ccc(Cl)cc1Cl)C(C)C. The molecule has 0 radical (unpaired) electrons. The molecule has 2 aromatic heterocycles. The lowest BCUT2D eigenvalue weighted by Crippen LogP contribution is -2.34. The summed E-state index contributed by atoms with van der Waals surface area (Å²) in [6, 6.07) is 14.1. The van der Waals surface area contributed by atoms with Crippen LogP contribution in [0.4, 0.5) is 5.13 Å². The van der Waals surface area contributed by atoms with Crippen LogP contribution in [0.25, 0.3) is 11.3 Å². The fourth-order valence-electron chi connectivity index (χ4n) is 3.96. The highest BCUT2D eigenvalue weighted by Crippen LogP contribution is 2.31. The Hall–Kier alpha value is -3.18. The van der Waals surface area contributed by atoms with Crippen molar-refractivity contribution in [3.05, 3.63) is 87.5 Å². The Morgan fingerprint density at radius 3 is 2.58 bits per heavy atom. The van der Waals surface area contributed by atoms with Crippen molar-refractivity contribution < 1.29 is 9.59 Å². The number of nitrogens with zero attached hydrogens (tertiary/aromatic N) is 4. The highest BCUT2D eigenvalue weighted by Gasteiger charge is 2.27. The average molecular weight is 616 g/mol. The lowest BCUT2D eigenvalue weighted by Gasteiger charge is -2.23. The first-order chi connectivity index (χ1) is 19.2. The second-order valence-corrected chi connectivity index (χ2v) is 12.2. The third-order valence-corrected chi connectivity index (χ3v) is 8.29. The van der Waals surface area contributed by atoms with E-state index in [1.807, 2.05) is 55.7 Å². The van der Waals surface area contributed by atoms with E-state index in [4.69, 9.17) is 23.2 Å². The first-order valence-electron chi connectivity index (χ1n) is 12.4. The summed E-state index contributed by atoms with van der Waals surface area (Å²) in [5.41, 5.74) is 2.16. The molecule has 0 aliphatic rings. The summed E-state index contributed by atoms with van der Waals surface area (Å²) in [4.78, 5) is 31.5. The number of anilines is 1. The Bertz CT molecular complexity index is 1520. The van der Waals surface area contributed by atoms with Gasteiger partial charge < -0.3 is 15.2 Å². The van der Waals surface area contributed by atoms with E-state index >= 15 is 0 Å². The molecule has 0 aliphatic carbocycles. The van der Waals surface area contributed by atoms with Gasteiger partial charge >= 0.3 is 0 Å². The molecule has 2 amide bonds. The number of thioether (sulfide) groups is 1. The molecule has 4 aromatic rings. The van der Waals surface area contributed by atoms with Gasteiger partial charge in [-0.1, -0.05) is 85.2 Å². The molecule has 12 heteroatoms. The summed E-state index contributed by atoms with van der Waals surface area (Å²) in [5, 5.41) is 16.4. The number of hydrogen-bond acceptors (Lipinski definition) is 7. The zero-order chi connectivity index (χ0) is 28.8. The standard InChI is InChI=1S/C28H28Cl2N6O2S2/c1-5-13-36-25(23(16(2)3)32-26(38)20-12-11-19(29)14-21(20)30)34-35-28(36)39-15-22(37)31-27-33-24(17(4)40-27)18-9-7-6-8-10-18/h5-12,14,16,23H,1,13,15H2,2-4H3,(H,32,38)(H,31,33,37)/t23-/m1/s1. The van der Waals surface area contributed by atoms with Gasteiger partial charge in [0.2, 0.25) is 5.91 Å². The molecule has 1 atom stereocenters. The number of nitrogens with one attached hydrogen (secondary N) is 2. The lowest BCUT2D eigenvalue weighted by atomic mass is 10.0. The molecule has 0 unspecified atom stereocenters. The molecule has 208 valence electrons. The zero-order valence-corrected chi connectivity index (χ0v) is 25.3. The molecule has 2 heterocycles. The summed E-state index contributed by atoms with van der Waals surface area (Å²) in [7, 11) is 0. The van der Waals surface area contributed by atoms with Crippen LogP contribution in [0.1, 0.15) is 40.9 Å². The van der Waals surface area contributed by atoms with E-state index in [0.717, 1.165) is 16.1 Å². The van der Waals surface area contributed by atoms with Gasteiger partial charge in [-0.25, -0.2) is 4.98 Å². The molecule has 2 aromatic carbocycles. The Kier molecular flexibility index (Phi) is 10.0. The van der Waals surface area contributed by atoms with Gasteiger partial charge in [0.25, 0.3) is 5.91 Å². The topological polar surface area (TPSA) is 102 Å². The predicted octanol–water partition coefficient (Wildman–Crippen LogP) is 7.06. The summed E-state index contributed by atoms with van der Waals surface area (Å²) in [6.07, 6.45) is 1.72. The molecule has 0 aliphatic heterocycles. The maximum absolute atomic E-state index is 13.1. The predicted molar refractivity (Wildman–Crippen MR) is 163 cm³/mol. The van der Waals surface area contributed by atoms with E-state index in [1.54, 1.807) is 18.2 Å². The average Bonchev–Trinajstić information content (AvgIpc) is 3.48. The van der Waals surface area contributed by atoms with E-state index in [1.165, 1.54) is 29.2 Å². The van der Waals surface area contributed by atoms with E-state index in [-0.39, 0.29) is 28.5 Å². The van der Waals surface area contributed by atoms with Crippen molar-refractivity contribution in [2.75, 3.05) is 11.1 Å². The highest BCUT2D eigenvalue weighted by molar-refractivity contribution is 7.99. The number of aromatic nitrogens is 4. The molecule has 0 saturated heterocycles. The van der Waals surface area contributed by atoms with Gasteiger partial charge in [0.15, 0.2) is 16.1 Å². The lowest BCUT2D eigenvalue weighted by molar-refractivity contribution is -0.113. The van der Waals surface area contributed by atoms with Gasteiger partial charge in [-0.15, -0.1) is 28.1 Å². The number of benzene rings is 2. The van der Waals surface area contributed by atoms with Crippen LogP contribution in [0.15, 0.2) is 66.3 Å². The van der Waals surface area contributed by atoms with Crippen molar-refractivity contribution >= 4 is 63.2 Å². The number of carbonyl (C=O) groups is 2. The Morgan fingerprint density at radius 2 is 1.90 bits per heavy atom.